The molecule has 0 unspecified atom stereocenters. The lowest BCUT2D eigenvalue weighted by molar-refractivity contribution is 0.102. The molecule has 6 heteroatoms. The molecule has 3 aromatic rings. The Morgan fingerprint density at radius 1 is 1.05 bits per heavy atom. The SMILES string of the molecule is O=C(Nc1ccc(O)cc1)c1n[nH]c(=O)c2ccccc12. The maximum absolute atomic E-state index is 12.3. The van der Waals surface area contributed by atoms with Gasteiger partial charge in [0.2, 0.25) is 0 Å². The fraction of sp³-hybridized carbons (Fsp3) is 0. The van der Waals surface area contributed by atoms with E-state index in [1.54, 1.807) is 36.4 Å². The van der Waals surface area contributed by atoms with Gasteiger partial charge in [0.1, 0.15) is 5.75 Å². The molecule has 21 heavy (non-hydrogen) atoms. The van der Waals surface area contributed by atoms with Crippen molar-refractivity contribution >= 4 is 22.4 Å². The molecule has 6 nitrogen and oxygen atoms in total. The van der Waals surface area contributed by atoms with E-state index in [1.807, 2.05) is 0 Å². The maximum atomic E-state index is 12.3. The molecule has 1 amide bonds. The Balaban J connectivity index is 2.00. The number of fused-ring (bicyclic) bond motifs is 1. The first-order valence-corrected chi connectivity index (χ1v) is 6.23. The third-order valence-corrected chi connectivity index (χ3v) is 3.04. The number of aromatic hydroxyl groups is 1. The molecule has 0 bridgehead atoms. The average molecular weight is 281 g/mol. The van der Waals surface area contributed by atoms with Crippen LogP contribution in [0.1, 0.15) is 10.5 Å². The van der Waals surface area contributed by atoms with Gasteiger partial charge < -0.3 is 10.4 Å². The molecule has 0 spiro atoms. The Labute approximate surface area is 119 Å². The molecule has 0 radical (unpaired) electrons. The highest BCUT2D eigenvalue weighted by atomic mass is 16.3. The molecule has 0 aliphatic heterocycles. The molecule has 0 aliphatic rings. The van der Waals surface area contributed by atoms with Gasteiger partial charge in [-0.3, -0.25) is 9.59 Å². The van der Waals surface area contributed by atoms with Crippen LogP contribution in [-0.2, 0) is 0 Å². The molecule has 0 aliphatic carbocycles. The van der Waals surface area contributed by atoms with E-state index < -0.39 is 5.91 Å². The highest BCUT2D eigenvalue weighted by molar-refractivity contribution is 6.11. The smallest absolute Gasteiger partial charge is 0.276 e. The summed E-state index contributed by atoms with van der Waals surface area (Å²) in [5.74, 6) is -0.325. The number of benzene rings is 2. The van der Waals surface area contributed by atoms with Gasteiger partial charge in [-0.1, -0.05) is 18.2 Å². The van der Waals surface area contributed by atoms with E-state index in [0.29, 0.717) is 16.5 Å². The lowest BCUT2D eigenvalue weighted by Crippen LogP contribution is -2.19. The van der Waals surface area contributed by atoms with E-state index in [9.17, 15) is 14.7 Å². The minimum Gasteiger partial charge on any atom is -0.508 e. The van der Waals surface area contributed by atoms with Crippen LogP contribution in [0.2, 0.25) is 0 Å². The van der Waals surface area contributed by atoms with Gasteiger partial charge in [0.15, 0.2) is 5.69 Å². The van der Waals surface area contributed by atoms with Crippen molar-refractivity contribution in [2.75, 3.05) is 5.32 Å². The van der Waals surface area contributed by atoms with Gasteiger partial charge in [0, 0.05) is 11.1 Å². The summed E-state index contributed by atoms with van der Waals surface area (Å²) >= 11 is 0. The summed E-state index contributed by atoms with van der Waals surface area (Å²) < 4.78 is 0. The highest BCUT2D eigenvalue weighted by Crippen LogP contribution is 2.17. The number of hydrogen-bond donors (Lipinski definition) is 3. The van der Waals surface area contributed by atoms with Crippen LogP contribution in [0.3, 0.4) is 0 Å². The number of amides is 1. The van der Waals surface area contributed by atoms with E-state index in [1.165, 1.54) is 12.1 Å². The third-order valence-electron chi connectivity index (χ3n) is 3.04. The van der Waals surface area contributed by atoms with Gasteiger partial charge in [-0.15, -0.1) is 0 Å². The number of nitrogens with one attached hydrogen (secondary N) is 2. The van der Waals surface area contributed by atoms with Crippen molar-refractivity contribution in [3.63, 3.8) is 0 Å². The lowest BCUT2D eigenvalue weighted by atomic mass is 10.1. The molecule has 0 saturated carbocycles. The van der Waals surface area contributed by atoms with Gasteiger partial charge in [-0.25, -0.2) is 5.10 Å². The topological polar surface area (TPSA) is 95.1 Å². The second-order valence-corrected chi connectivity index (χ2v) is 4.45. The number of hydrogen-bond acceptors (Lipinski definition) is 4. The molecule has 0 fully saturated rings. The van der Waals surface area contributed by atoms with E-state index in [0.717, 1.165) is 0 Å². The monoisotopic (exact) mass is 281 g/mol. The van der Waals surface area contributed by atoms with Crippen molar-refractivity contribution < 1.29 is 9.90 Å². The number of aromatic amines is 1. The van der Waals surface area contributed by atoms with E-state index in [2.05, 4.69) is 15.5 Å². The van der Waals surface area contributed by atoms with Crippen molar-refractivity contribution in [1.82, 2.24) is 10.2 Å². The standard InChI is InChI=1S/C15H11N3O3/c19-10-7-5-9(6-8-10)16-15(21)13-11-3-1-2-4-12(11)14(20)18-17-13/h1-8,19H,(H,16,21)(H,18,20). The summed E-state index contributed by atoms with van der Waals surface area (Å²) in [6.07, 6.45) is 0. The van der Waals surface area contributed by atoms with Gasteiger partial charge in [0.05, 0.1) is 5.39 Å². The lowest BCUT2D eigenvalue weighted by Gasteiger charge is -2.06. The Bertz CT molecular complexity index is 869. The zero-order chi connectivity index (χ0) is 14.8. The fourth-order valence-corrected chi connectivity index (χ4v) is 2.02. The summed E-state index contributed by atoms with van der Waals surface area (Å²) in [7, 11) is 0. The average Bonchev–Trinajstić information content (AvgIpc) is 2.50. The molecule has 1 heterocycles. The van der Waals surface area contributed by atoms with E-state index in [4.69, 9.17) is 0 Å². The van der Waals surface area contributed by atoms with Crippen molar-refractivity contribution in [2.24, 2.45) is 0 Å². The van der Waals surface area contributed by atoms with Gasteiger partial charge in [-0.05, 0) is 30.3 Å². The van der Waals surface area contributed by atoms with Crippen molar-refractivity contribution in [2.45, 2.75) is 0 Å². The summed E-state index contributed by atoms with van der Waals surface area (Å²) in [6, 6.07) is 12.8. The zero-order valence-corrected chi connectivity index (χ0v) is 10.8. The summed E-state index contributed by atoms with van der Waals surface area (Å²) in [6.45, 7) is 0. The van der Waals surface area contributed by atoms with Gasteiger partial charge >= 0.3 is 0 Å². The van der Waals surface area contributed by atoms with E-state index >= 15 is 0 Å². The van der Waals surface area contributed by atoms with Crippen molar-refractivity contribution in [1.29, 1.82) is 0 Å². The van der Waals surface area contributed by atoms with Crippen LogP contribution in [0.5, 0.6) is 5.75 Å². The van der Waals surface area contributed by atoms with Crippen LogP contribution < -0.4 is 10.9 Å². The van der Waals surface area contributed by atoms with Crippen LogP contribution >= 0.6 is 0 Å². The van der Waals surface area contributed by atoms with Gasteiger partial charge in [0.25, 0.3) is 11.5 Å². The van der Waals surface area contributed by atoms with Crippen molar-refractivity contribution in [3.05, 3.63) is 64.6 Å². The fourth-order valence-electron chi connectivity index (χ4n) is 2.02. The van der Waals surface area contributed by atoms with Crippen molar-refractivity contribution in [3.8, 4) is 5.75 Å². The van der Waals surface area contributed by atoms with Crippen LogP contribution in [0.4, 0.5) is 5.69 Å². The number of phenolic OH excluding ortho intramolecular Hbond substituents is 1. The molecule has 3 rings (SSSR count). The molecule has 3 N–H and O–H groups in total. The molecule has 0 saturated heterocycles. The number of phenols is 1. The molecule has 0 atom stereocenters. The molecule has 2 aromatic carbocycles. The van der Waals surface area contributed by atoms with Crippen LogP contribution in [0, 0.1) is 0 Å². The molecule has 1 aromatic heterocycles. The number of nitrogens with zero attached hydrogens (tertiary/aromatic N) is 1. The Morgan fingerprint density at radius 3 is 2.43 bits per heavy atom. The first-order valence-electron chi connectivity index (χ1n) is 6.23. The highest BCUT2D eigenvalue weighted by Gasteiger charge is 2.13. The quantitative estimate of drug-likeness (QED) is 0.625. The molecular formula is C15H11N3O3. The predicted molar refractivity (Wildman–Crippen MR) is 78.4 cm³/mol. The Kier molecular flexibility index (Phi) is 3.12. The minimum atomic E-state index is -0.437. The minimum absolute atomic E-state index is 0.112. The summed E-state index contributed by atoms with van der Waals surface area (Å²) in [5, 5.41) is 18.9. The third kappa shape index (κ3) is 2.46. The first kappa shape index (κ1) is 12.9. The summed E-state index contributed by atoms with van der Waals surface area (Å²) in [5.41, 5.74) is 0.319. The maximum Gasteiger partial charge on any atom is 0.276 e. The number of H-pyrrole nitrogens is 1. The predicted octanol–water partition coefficient (Wildman–Crippen LogP) is 1.88. The number of rotatable bonds is 2. The second kappa shape index (κ2) is 5.09. The molecular weight excluding hydrogens is 270 g/mol. The van der Waals surface area contributed by atoms with E-state index in [-0.39, 0.29) is 17.0 Å². The normalized spacial score (nSPS) is 10.5. The largest absolute Gasteiger partial charge is 0.508 e. The second-order valence-electron chi connectivity index (χ2n) is 4.45. The number of anilines is 1. The number of carbonyl (C=O) groups excluding carboxylic acids is 1. The van der Waals surface area contributed by atoms with Crippen LogP contribution in [0.25, 0.3) is 10.8 Å². The summed E-state index contributed by atoms with van der Waals surface area (Å²) in [4.78, 5) is 23.9. The Morgan fingerprint density at radius 2 is 1.71 bits per heavy atom. The van der Waals surface area contributed by atoms with Crippen LogP contribution in [-0.4, -0.2) is 21.2 Å². The Hall–Kier alpha value is -3.15. The van der Waals surface area contributed by atoms with Gasteiger partial charge in [-0.2, -0.15) is 5.10 Å². The molecule has 104 valence electrons. The number of carbonyl (C=O) groups is 1. The first-order chi connectivity index (χ1) is 10.1. The van der Waals surface area contributed by atoms with Crippen LogP contribution in [0.15, 0.2) is 53.3 Å². The number of aromatic nitrogens is 2. The zero-order valence-electron chi connectivity index (χ0n) is 10.8.